The van der Waals surface area contributed by atoms with Crippen LogP contribution in [0.5, 0.6) is 0 Å². The van der Waals surface area contributed by atoms with Crippen molar-refractivity contribution >= 4 is 17.9 Å². The normalized spacial score (nSPS) is 16.8. The van der Waals surface area contributed by atoms with Crippen LogP contribution in [0.1, 0.15) is 44.1 Å². The first-order valence-corrected chi connectivity index (χ1v) is 7.49. The van der Waals surface area contributed by atoms with Gasteiger partial charge in [-0.25, -0.2) is 9.59 Å². The van der Waals surface area contributed by atoms with Gasteiger partial charge < -0.3 is 41.9 Å². The lowest BCUT2D eigenvalue weighted by Gasteiger charge is -2.29. The molecule has 0 aliphatic rings. The van der Waals surface area contributed by atoms with Gasteiger partial charge >= 0.3 is 12.0 Å². The third-order valence-electron chi connectivity index (χ3n) is 3.65. The highest BCUT2D eigenvalue weighted by molar-refractivity contribution is 5.87. The Labute approximate surface area is 147 Å². The van der Waals surface area contributed by atoms with Gasteiger partial charge in [0.1, 0.15) is 6.04 Å². The van der Waals surface area contributed by atoms with Crippen LogP contribution in [0.4, 0.5) is 4.79 Å². The third-order valence-corrected chi connectivity index (χ3v) is 3.65. The van der Waals surface area contributed by atoms with Gasteiger partial charge in [-0.05, 0) is 13.8 Å². The lowest BCUT2D eigenvalue weighted by Crippen LogP contribution is -2.61. The van der Waals surface area contributed by atoms with Gasteiger partial charge in [-0.2, -0.15) is 4.98 Å². The molecule has 26 heavy (non-hydrogen) atoms. The molecule has 0 saturated heterocycles. The number of nitrogens with two attached hydrogens (primary N) is 2. The van der Waals surface area contributed by atoms with Gasteiger partial charge in [-0.15, -0.1) is 0 Å². The number of urea groups is 1. The van der Waals surface area contributed by atoms with E-state index in [9.17, 15) is 24.6 Å². The maximum Gasteiger partial charge on any atom is 0.331 e. The number of amides is 3. The van der Waals surface area contributed by atoms with Gasteiger partial charge in [0.15, 0.2) is 11.4 Å². The fraction of sp³-hybridized carbons (Fsp3) is 0.615. The van der Waals surface area contributed by atoms with Crippen molar-refractivity contribution < 1.29 is 34.2 Å². The minimum Gasteiger partial charge on any atom is -0.479 e. The second kappa shape index (κ2) is 8.55. The van der Waals surface area contributed by atoms with E-state index in [0.717, 1.165) is 6.92 Å². The maximum atomic E-state index is 12.1. The molecule has 0 aliphatic heterocycles. The second-order valence-electron chi connectivity index (χ2n) is 5.78. The van der Waals surface area contributed by atoms with Crippen LogP contribution in [-0.4, -0.2) is 61.6 Å². The van der Waals surface area contributed by atoms with Gasteiger partial charge in [0.2, 0.25) is 11.8 Å². The second-order valence-corrected chi connectivity index (χ2v) is 5.78. The van der Waals surface area contributed by atoms with E-state index in [0.29, 0.717) is 0 Å². The van der Waals surface area contributed by atoms with Gasteiger partial charge in [-0.1, -0.05) is 5.16 Å². The summed E-state index contributed by atoms with van der Waals surface area (Å²) >= 11 is 0. The molecule has 13 heteroatoms. The van der Waals surface area contributed by atoms with Crippen LogP contribution in [0.2, 0.25) is 0 Å². The standard InChI is InChI=1S/C13H22N6O7/c1-5(21)13(2,11(23)24)18-12(25)16-7(3-8(15)22)10-17-9(19-26-10)6(14)4-20/h5-7,20-21H,3-4,14H2,1-2H3,(H2,15,22)(H,23,24)(H2,16,18,25)/t5-,6+,7?,13+/m1/s1. The number of carbonyl (C=O) groups excluding carboxylic acids is 2. The number of nitrogens with one attached hydrogen (secondary N) is 2. The fourth-order valence-corrected chi connectivity index (χ4v) is 1.79. The Bertz CT molecular complexity index is 663. The van der Waals surface area contributed by atoms with Crippen LogP contribution in [0, 0.1) is 0 Å². The molecule has 0 aliphatic carbocycles. The molecule has 3 amide bonds. The molecule has 0 fully saturated rings. The molecule has 0 aromatic carbocycles. The number of aliphatic carboxylic acids is 1. The van der Waals surface area contributed by atoms with Crippen LogP contribution >= 0.6 is 0 Å². The molecule has 9 N–H and O–H groups in total. The third kappa shape index (κ3) is 5.11. The first-order chi connectivity index (χ1) is 12.0. The molecule has 146 valence electrons. The number of rotatable bonds is 9. The quantitative estimate of drug-likeness (QED) is 0.240. The van der Waals surface area contributed by atoms with Crippen molar-refractivity contribution in [1.29, 1.82) is 0 Å². The van der Waals surface area contributed by atoms with Crippen LogP contribution in [-0.2, 0) is 9.59 Å². The van der Waals surface area contributed by atoms with Crippen LogP contribution in [0.3, 0.4) is 0 Å². The topological polar surface area (TPSA) is 227 Å². The van der Waals surface area contributed by atoms with Crippen molar-refractivity contribution in [3.05, 3.63) is 11.7 Å². The Balaban J connectivity index is 2.97. The van der Waals surface area contributed by atoms with E-state index in [1.165, 1.54) is 6.92 Å². The number of hydrogen-bond donors (Lipinski definition) is 7. The number of aliphatic hydroxyl groups excluding tert-OH is 2. The van der Waals surface area contributed by atoms with E-state index < -0.39 is 54.7 Å². The number of aromatic nitrogens is 2. The number of hydrogen-bond acceptors (Lipinski definition) is 9. The van der Waals surface area contributed by atoms with Crippen LogP contribution < -0.4 is 22.1 Å². The Kier molecular flexibility index (Phi) is 7.00. The lowest BCUT2D eigenvalue weighted by atomic mass is 9.96. The van der Waals surface area contributed by atoms with E-state index in [1.54, 1.807) is 0 Å². The number of carboxylic acids is 1. The van der Waals surface area contributed by atoms with Crippen molar-refractivity contribution in [2.75, 3.05) is 6.61 Å². The molecule has 1 rings (SSSR count). The van der Waals surface area contributed by atoms with Crippen LogP contribution in [0.15, 0.2) is 4.52 Å². The van der Waals surface area contributed by atoms with Gasteiger partial charge in [0.25, 0.3) is 0 Å². The predicted octanol–water partition coefficient (Wildman–Crippen LogP) is -2.50. The summed E-state index contributed by atoms with van der Waals surface area (Å²) in [7, 11) is 0. The molecule has 0 bridgehead atoms. The Hall–Kier alpha value is -2.77. The van der Waals surface area contributed by atoms with Crippen molar-refractivity contribution in [3.8, 4) is 0 Å². The number of carboxylic acid groups (broad SMARTS) is 1. The molecule has 1 unspecified atom stereocenters. The summed E-state index contributed by atoms with van der Waals surface area (Å²) in [5.74, 6) is -2.55. The minimum absolute atomic E-state index is 0.0569. The smallest absolute Gasteiger partial charge is 0.331 e. The van der Waals surface area contributed by atoms with Crippen molar-refractivity contribution in [2.45, 2.75) is 44.0 Å². The molecule has 0 saturated carbocycles. The zero-order valence-corrected chi connectivity index (χ0v) is 14.2. The van der Waals surface area contributed by atoms with Crippen LogP contribution in [0.25, 0.3) is 0 Å². The minimum atomic E-state index is -1.99. The van der Waals surface area contributed by atoms with Crippen molar-refractivity contribution in [2.24, 2.45) is 11.5 Å². The zero-order chi connectivity index (χ0) is 20.1. The summed E-state index contributed by atoms with van der Waals surface area (Å²) < 4.78 is 4.91. The molecule has 0 radical (unpaired) electrons. The van der Waals surface area contributed by atoms with Gasteiger partial charge in [0, 0.05) is 0 Å². The number of nitrogens with zero attached hydrogens (tertiary/aromatic N) is 2. The van der Waals surface area contributed by atoms with E-state index in [-0.39, 0.29) is 11.7 Å². The molecule has 0 spiro atoms. The summed E-state index contributed by atoms with van der Waals surface area (Å²) in [6.07, 6.45) is -1.85. The molecule has 4 atom stereocenters. The largest absolute Gasteiger partial charge is 0.479 e. The van der Waals surface area contributed by atoms with E-state index in [4.69, 9.17) is 21.1 Å². The fourth-order valence-electron chi connectivity index (χ4n) is 1.79. The first kappa shape index (κ1) is 21.3. The van der Waals surface area contributed by atoms with Gasteiger partial charge in [-0.3, -0.25) is 4.79 Å². The average Bonchev–Trinajstić information content (AvgIpc) is 3.02. The lowest BCUT2D eigenvalue weighted by molar-refractivity contribution is -0.148. The summed E-state index contributed by atoms with van der Waals surface area (Å²) in [6.45, 7) is 1.84. The number of aliphatic hydroxyl groups is 2. The Morgan fingerprint density at radius 1 is 1.38 bits per heavy atom. The summed E-state index contributed by atoms with van der Waals surface area (Å²) in [5, 5.41) is 35.7. The summed E-state index contributed by atoms with van der Waals surface area (Å²) in [5.41, 5.74) is 8.68. The van der Waals surface area contributed by atoms with Crippen molar-refractivity contribution in [3.63, 3.8) is 0 Å². The molecular weight excluding hydrogens is 352 g/mol. The monoisotopic (exact) mass is 374 g/mol. The number of carbonyl (C=O) groups is 3. The molecule has 1 aromatic heterocycles. The van der Waals surface area contributed by atoms with Crippen molar-refractivity contribution in [1.82, 2.24) is 20.8 Å². The molecule has 1 heterocycles. The Morgan fingerprint density at radius 3 is 2.46 bits per heavy atom. The van der Waals surface area contributed by atoms with E-state index in [2.05, 4.69) is 20.8 Å². The van der Waals surface area contributed by atoms with Gasteiger partial charge in [0.05, 0.1) is 25.2 Å². The highest BCUT2D eigenvalue weighted by Crippen LogP contribution is 2.17. The molecular formula is C13H22N6O7. The molecule has 1 aromatic rings. The maximum absolute atomic E-state index is 12.1. The summed E-state index contributed by atoms with van der Waals surface area (Å²) in [4.78, 5) is 38.5. The van der Waals surface area contributed by atoms with E-state index in [1.807, 2.05) is 0 Å². The number of primary amides is 1. The predicted molar refractivity (Wildman–Crippen MR) is 84.3 cm³/mol. The zero-order valence-electron chi connectivity index (χ0n) is 14.2. The highest BCUT2D eigenvalue weighted by Gasteiger charge is 2.40. The SMILES string of the molecule is C[C@@H](O)[C@](C)(NC(=O)NC(CC(N)=O)c1nc([C@@H](N)CO)no1)C(=O)O. The highest BCUT2D eigenvalue weighted by atomic mass is 16.5. The summed E-state index contributed by atoms with van der Waals surface area (Å²) in [6, 6.07) is -3.12. The Morgan fingerprint density at radius 2 is 2.00 bits per heavy atom. The molecule has 13 nitrogen and oxygen atoms in total. The first-order valence-electron chi connectivity index (χ1n) is 7.49. The average molecular weight is 374 g/mol. The van der Waals surface area contributed by atoms with E-state index >= 15 is 0 Å².